The van der Waals surface area contributed by atoms with Crippen molar-refractivity contribution in [3.8, 4) is 5.75 Å². The molecule has 2 aromatic carbocycles. The molecule has 7 nitrogen and oxygen atoms in total. The minimum atomic E-state index is -3.03. The minimum absolute atomic E-state index is 0.0971. The molecule has 1 aromatic heterocycles. The molecule has 32 heavy (non-hydrogen) atoms. The first-order valence-electron chi connectivity index (χ1n) is 10.8. The molecule has 1 aliphatic carbocycles. The number of amides is 1. The molecule has 5 rings (SSSR count). The molecular formula is C24H25N3O4S. The number of carbonyl (C=O) groups excluding carboxylic acids is 1. The van der Waals surface area contributed by atoms with Gasteiger partial charge in [0.25, 0.3) is 5.91 Å². The third-order valence-electron chi connectivity index (χ3n) is 5.91. The highest BCUT2D eigenvalue weighted by molar-refractivity contribution is 7.91. The average Bonchev–Trinajstić information content (AvgIpc) is 3.43. The molecule has 166 valence electrons. The number of rotatable bonds is 7. The van der Waals surface area contributed by atoms with Crippen LogP contribution >= 0.6 is 0 Å². The molecule has 0 spiro atoms. The molecule has 2 aliphatic rings. The number of nitrogens with one attached hydrogen (secondary N) is 1. The first kappa shape index (κ1) is 20.8. The van der Waals surface area contributed by atoms with Crippen LogP contribution in [0.2, 0.25) is 0 Å². The molecule has 1 saturated heterocycles. The maximum absolute atomic E-state index is 12.8. The van der Waals surface area contributed by atoms with Gasteiger partial charge in [-0.05, 0) is 55.2 Å². The minimum Gasteiger partial charge on any atom is -0.489 e. The van der Waals surface area contributed by atoms with Gasteiger partial charge in [0.15, 0.2) is 15.5 Å². The van der Waals surface area contributed by atoms with Gasteiger partial charge in [0.05, 0.1) is 17.5 Å². The summed E-state index contributed by atoms with van der Waals surface area (Å²) in [5.74, 6) is 1.06. The predicted octanol–water partition coefficient (Wildman–Crippen LogP) is 3.95. The van der Waals surface area contributed by atoms with Crippen LogP contribution in [0.5, 0.6) is 5.75 Å². The molecule has 1 amide bonds. The number of aromatic nitrogens is 2. The topological polar surface area (TPSA) is 90.3 Å². The van der Waals surface area contributed by atoms with Crippen LogP contribution in [0.1, 0.15) is 53.0 Å². The van der Waals surface area contributed by atoms with E-state index in [9.17, 15) is 13.2 Å². The van der Waals surface area contributed by atoms with Crippen LogP contribution in [0.3, 0.4) is 0 Å². The van der Waals surface area contributed by atoms with Crippen LogP contribution in [-0.4, -0.2) is 35.6 Å². The quantitative estimate of drug-likeness (QED) is 0.587. The lowest BCUT2D eigenvalue weighted by Crippen LogP contribution is -2.17. The molecule has 8 heteroatoms. The van der Waals surface area contributed by atoms with Crippen molar-refractivity contribution in [3.05, 3.63) is 77.6 Å². The second-order valence-electron chi connectivity index (χ2n) is 8.48. The molecule has 1 atom stereocenters. The summed E-state index contributed by atoms with van der Waals surface area (Å²) in [6.07, 6.45) is 2.66. The second-order valence-corrected chi connectivity index (χ2v) is 10.7. The number of benzene rings is 2. The molecule has 1 saturated carbocycles. The third kappa shape index (κ3) is 4.70. The van der Waals surface area contributed by atoms with Gasteiger partial charge in [-0.25, -0.2) is 8.42 Å². The molecule has 1 N–H and O–H groups in total. The summed E-state index contributed by atoms with van der Waals surface area (Å²) in [6.45, 7) is 0.477. The number of ether oxygens (including phenoxy) is 1. The Balaban J connectivity index is 1.25. The Kier molecular flexibility index (Phi) is 5.46. The summed E-state index contributed by atoms with van der Waals surface area (Å²) in [5.41, 5.74) is 3.03. The highest BCUT2D eigenvalue weighted by Crippen LogP contribution is 2.42. The summed E-state index contributed by atoms with van der Waals surface area (Å²) >= 11 is 0. The number of hydrogen-bond donors (Lipinski definition) is 1. The lowest BCUT2D eigenvalue weighted by atomic mass is 10.2. The van der Waals surface area contributed by atoms with Gasteiger partial charge in [0, 0.05) is 17.3 Å². The molecule has 2 fully saturated rings. The predicted molar refractivity (Wildman–Crippen MR) is 122 cm³/mol. The lowest BCUT2D eigenvalue weighted by molar-refractivity contribution is 0.102. The SMILES string of the molecule is O=C(Nc1ccc(OCc2ccccc2)cc1)c1cc(C2CC2)n(C2CCS(=O)(=O)C2)n1. The van der Waals surface area contributed by atoms with Crippen molar-refractivity contribution in [1.29, 1.82) is 0 Å². The van der Waals surface area contributed by atoms with E-state index in [0.717, 1.165) is 29.8 Å². The van der Waals surface area contributed by atoms with Crippen molar-refractivity contribution in [2.45, 2.75) is 37.8 Å². The van der Waals surface area contributed by atoms with Crippen molar-refractivity contribution in [2.75, 3.05) is 16.8 Å². The maximum atomic E-state index is 12.8. The zero-order valence-corrected chi connectivity index (χ0v) is 18.4. The monoisotopic (exact) mass is 451 g/mol. The number of hydrogen-bond acceptors (Lipinski definition) is 5. The normalized spacial score (nSPS) is 19.6. The Morgan fingerprint density at radius 2 is 1.81 bits per heavy atom. The van der Waals surface area contributed by atoms with E-state index >= 15 is 0 Å². The van der Waals surface area contributed by atoms with Crippen LogP contribution in [0.4, 0.5) is 5.69 Å². The zero-order valence-electron chi connectivity index (χ0n) is 17.6. The smallest absolute Gasteiger partial charge is 0.276 e. The van der Waals surface area contributed by atoms with Gasteiger partial charge >= 0.3 is 0 Å². The largest absolute Gasteiger partial charge is 0.489 e. The molecule has 0 bridgehead atoms. The molecular weight excluding hydrogens is 426 g/mol. The Hall–Kier alpha value is -3.13. The molecule has 3 aromatic rings. The number of sulfone groups is 1. The summed E-state index contributed by atoms with van der Waals surface area (Å²) in [4.78, 5) is 12.8. The van der Waals surface area contributed by atoms with Gasteiger partial charge in [-0.2, -0.15) is 5.10 Å². The standard InChI is InChI=1S/C24H25N3O4S/c28-24(25-19-8-10-21(11-9-19)31-15-17-4-2-1-3-5-17)22-14-23(18-6-7-18)27(26-22)20-12-13-32(29,30)16-20/h1-5,8-11,14,18,20H,6-7,12-13,15-16H2,(H,25,28). The summed E-state index contributed by atoms with van der Waals surface area (Å²) in [6, 6.07) is 18.8. The van der Waals surface area contributed by atoms with Gasteiger partial charge in [0.2, 0.25) is 0 Å². The van der Waals surface area contributed by atoms with E-state index < -0.39 is 9.84 Å². The van der Waals surface area contributed by atoms with Gasteiger partial charge in [-0.1, -0.05) is 30.3 Å². The molecule has 1 aliphatic heterocycles. The highest BCUT2D eigenvalue weighted by atomic mass is 32.2. The van der Waals surface area contributed by atoms with Crippen LogP contribution in [0, 0.1) is 0 Å². The molecule has 0 radical (unpaired) electrons. The fraction of sp³-hybridized carbons (Fsp3) is 0.333. The van der Waals surface area contributed by atoms with Gasteiger partial charge in [0.1, 0.15) is 12.4 Å². The van der Waals surface area contributed by atoms with E-state index in [1.54, 1.807) is 16.8 Å². The maximum Gasteiger partial charge on any atom is 0.276 e. The van der Waals surface area contributed by atoms with Crippen molar-refractivity contribution in [1.82, 2.24) is 9.78 Å². The third-order valence-corrected chi connectivity index (χ3v) is 7.66. The van der Waals surface area contributed by atoms with E-state index in [2.05, 4.69) is 10.4 Å². The molecule has 2 heterocycles. The fourth-order valence-corrected chi connectivity index (χ4v) is 5.73. The Morgan fingerprint density at radius 1 is 1.06 bits per heavy atom. The molecule has 1 unspecified atom stereocenters. The van der Waals surface area contributed by atoms with Crippen LogP contribution in [0.25, 0.3) is 0 Å². The zero-order chi connectivity index (χ0) is 22.1. The average molecular weight is 452 g/mol. The van der Waals surface area contributed by atoms with Crippen LogP contribution < -0.4 is 10.1 Å². The van der Waals surface area contributed by atoms with E-state index in [1.165, 1.54) is 0 Å². The van der Waals surface area contributed by atoms with Crippen molar-refractivity contribution in [3.63, 3.8) is 0 Å². The lowest BCUT2D eigenvalue weighted by Gasteiger charge is -2.12. The van der Waals surface area contributed by atoms with Crippen molar-refractivity contribution in [2.24, 2.45) is 0 Å². The Labute approximate surface area is 187 Å². The number of nitrogens with zero attached hydrogens (tertiary/aromatic N) is 2. The van der Waals surface area contributed by atoms with Gasteiger partial charge < -0.3 is 10.1 Å². The van der Waals surface area contributed by atoms with Gasteiger partial charge in [-0.15, -0.1) is 0 Å². The Bertz CT molecular complexity index is 1220. The number of anilines is 1. The summed E-state index contributed by atoms with van der Waals surface area (Å²) in [5, 5.41) is 7.39. The first-order chi connectivity index (χ1) is 15.5. The van der Waals surface area contributed by atoms with Crippen LogP contribution in [0.15, 0.2) is 60.7 Å². The summed E-state index contributed by atoms with van der Waals surface area (Å²) in [7, 11) is -3.03. The first-order valence-corrected chi connectivity index (χ1v) is 12.7. The van der Waals surface area contributed by atoms with E-state index in [-0.39, 0.29) is 23.5 Å². The van der Waals surface area contributed by atoms with Crippen molar-refractivity contribution >= 4 is 21.4 Å². The van der Waals surface area contributed by atoms with Crippen molar-refractivity contribution < 1.29 is 17.9 Å². The van der Waals surface area contributed by atoms with Crippen LogP contribution in [-0.2, 0) is 16.4 Å². The highest BCUT2D eigenvalue weighted by Gasteiger charge is 2.36. The Morgan fingerprint density at radius 3 is 2.47 bits per heavy atom. The van der Waals surface area contributed by atoms with E-state index in [0.29, 0.717) is 30.3 Å². The summed E-state index contributed by atoms with van der Waals surface area (Å²) < 4.78 is 31.4. The number of carbonyl (C=O) groups is 1. The second kappa shape index (κ2) is 8.43. The van der Waals surface area contributed by atoms with E-state index in [1.807, 2.05) is 48.5 Å². The van der Waals surface area contributed by atoms with E-state index in [4.69, 9.17) is 4.74 Å². The van der Waals surface area contributed by atoms with Gasteiger partial charge in [-0.3, -0.25) is 9.48 Å². The fourth-order valence-electron chi connectivity index (χ4n) is 4.04.